The highest BCUT2D eigenvalue weighted by molar-refractivity contribution is 9.10. The molecule has 1 aliphatic heterocycles. The topological polar surface area (TPSA) is 75.7 Å². The smallest absolute Gasteiger partial charge is 0.410 e. The summed E-state index contributed by atoms with van der Waals surface area (Å²) in [4.78, 5) is 13.5. The summed E-state index contributed by atoms with van der Waals surface area (Å²) < 4.78 is 33.3. The number of nitrogens with zero attached hydrogens (tertiary/aromatic N) is 1. The van der Waals surface area contributed by atoms with Crippen molar-refractivity contribution >= 4 is 32.0 Å². The molecule has 6 nitrogen and oxygen atoms in total. The third-order valence-electron chi connectivity index (χ3n) is 3.18. The summed E-state index contributed by atoms with van der Waals surface area (Å²) in [7, 11) is -3.61. The Morgan fingerprint density at radius 2 is 1.91 bits per heavy atom. The third kappa shape index (κ3) is 4.92. The van der Waals surface area contributed by atoms with Crippen LogP contribution in [-0.2, 0) is 14.8 Å². The Hall–Kier alpha value is -1.12. The van der Waals surface area contributed by atoms with Gasteiger partial charge in [-0.2, -0.15) is 0 Å². The fraction of sp³-hybridized carbons (Fsp3) is 0.533. The predicted octanol–water partition coefficient (Wildman–Crippen LogP) is 2.66. The van der Waals surface area contributed by atoms with E-state index in [0.717, 1.165) is 5.56 Å². The summed E-state index contributed by atoms with van der Waals surface area (Å²) in [5.74, 6) is 0. The average molecular weight is 405 g/mol. The van der Waals surface area contributed by atoms with E-state index in [9.17, 15) is 13.2 Å². The van der Waals surface area contributed by atoms with Gasteiger partial charge in [-0.3, -0.25) is 0 Å². The van der Waals surface area contributed by atoms with Gasteiger partial charge in [0.25, 0.3) is 0 Å². The lowest BCUT2D eigenvalue weighted by molar-refractivity contribution is 0.00738. The fourth-order valence-electron chi connectivity index (χ4n) is 2.17. The van der Waals surface area contributed by atoms with Crippen molar-refractivity contribution in [1.82, 2.24) is 9.62 Å². The lowest BCUT2D eigenvalue weighted by atomic mass is 10.1. The molecule has 2 rings (SSSR count). The molecule has 1 heterocycles. The summed E-state index contributed by atoms with van der Waals surface area (Å²) in [6.07, 6.45) is -0.425. The molecule has 1 N–H and O–H groups in total. The first-order valence-electron chi connectivity index (χ1n) is 7.24. The average Bonchev–Trinajstić information content (AvgIpc) is 2.29. The molecule has 0 atom stereocenters. The number of hydrogen-bond donors (Lipinski definition) is 1. The molecule has 1 aliphatic rings. The van der Waals surface area contributed by atoms with Gasteiger partial charge in [0, 0.05) is 17.6 Å². The van der Waals surface area contributed by atoms with Crippen LogP contribution in [0.3, 0.4) is 0 Å². The Labute approximate surface area is 145 Å². The van der Waals surface area contributed by atoms with Crippen LogP contribution in [-0.4, -0.2) is 44.1 Å². The van der Waals surface area contributed by atoms with Crippen LogP contribution >= 0.6 is 15.9 Å². The summed E-state index contributed by atoms with van der Waals surface area (Å²) in [5, 5.41) is 0. The number of halogens is 1. The van der Waals surface area contributed by atoms with Gasteiger partial charge >= 0.3 is 6.09 Å². The van der Waals surface area contributed by atoms with E-state index in [1.165, 1.54) is 4.90 Å². The first-order chi connectivity index (χ1) is 10.5. The number of aryl methyl sites for hydroxylation is 1. The quantitative estimate of drug-likeness (QED) is 0.839. The summed E-state index contributed by atoms with van der Waals surface area (Å²) in [5.41, 5.74) is 0.291. The molecule has 1 aromatic rings. The van der Waals surface area contributed by atoms with E-state index < -0.39 is 21.7 Å². The molecular weight excluding hydrogens is 384 g/mol. The molecule has 0 spiro atoms. The fourth-order valence-corrected chi connectivity index (χ4v) is 4.28. The molecule has 0 aliphatic carbocycles. The second kappa shape index (κ2) is 6.41. The van der Waals surface area contributed by atoms with E-state index in [1.807, 2.05) is 13.0 Å². The van der Waals surface area contributed by atoms with E-state index in [2.05, 4.69) is 20.7 Å². The van der Waals surface area contributed by atoms with Gasteiger partial charge in [0.1, 0.15) is 5.60 Å². The Kier molecular flexibility index (Phi) is 5.08. The number of amides is 1. The Balaban J connectivity index is 1.95. The van der Waals surface area contributed by atoms with Gasteiger partial charge in [0.05, 0.1) is 10.9 Å². The second-order valence-electron chi connectivity index (χ2n) is 6.67. The lowest BCUT2D eigenvalue weighted by Gasteiger charge is -2.39. The maximum Gasteiger partial charge on any atom is 0.410 e. The van der Waals surface area contributed by atoms with Crippen molar-refractivity contribution in [2.24, 2.45) is 0 Å². The van der Waals surface area contributed by atoms with Crippen LogP contribution in [0.4, 0.5) is 4.79 Å². The van der Waals surface area contributed by atoms with E-state index >= 15 is 0 Å². The SMILES string of the molecule is Cc1cc(Br)cc(S(=O)(=O)NC2CN(C(=O)OC(C)(C)C)C2)c1. The highest BCUT2D eigenvalue weighted by atomic mass is 79.9. The van der Waals surface area contributed by atoms with E-state index in [-0.39, 0.29) is 10.9 Å². The molecule has 1 aromatic carbocycles. The van der Waals surface area contributed by atoms with Crippen LogP contribution in [0.2, 0.25) is 0 Å². The molecule has 8 heteroatoms. The number of carbonyl (C=O) groups is 1. The standard InChI is InChI=1S/C15H21BrN2O4S/c1-10-5-11(16)7-13(6-10)23(20,21)17-12-8-18(9-12)14(19)22-15(2,3)4/h5-7,12,17H,8-9H2,1-4H3. The highest BCUT2D eigenvalue weighted by Gasteiger charge is 2.36. The largest absolute Gasteiger partial charge is 0.444 e. The number of sulfonamides is 1. The van der Waals surface area contributed by atoms with Crippen molar-refractivity contribution in [3.05, 3.63) is 28.2 Å². The Bertz CT molecular complexity index is 686. The molecule has 0 aromatic heterocycles. The molecule has 23 heavy (non-hydrogen) atoms. The van der Waals surface area contributed by atoms with E-state index in [0.29, 0.717) is 17.6 Å². The van der Waals surface area contributed by atoms with Crippen LogP contribution in [0.25, 0.3) is 0 Å². The van der Waals surface area contributed by atoms with Gasteiger partial charge in [-0.05, 0) is 51.5 Å². The van der Waals surface area contributed by atoms with Gasteiger partial charge in [-0.1, -0.05) is 15.9 Å². The van der Waals surface area contributed by atoms with Gasteiger partial charge < -0.3 is 9.64 Å². The maximum atomic E-state index is 12.4. The summed E-state index contributed by atoms with van der Waals surface area (Å²) >= 11 is 3.30. The molecular formula is C15H21BrN2O4S. The van der Waals surface area contributed by atoms with Crippen molar-refractivity contribution in [3.63, 3.8) is 0 Å². The van der Waals surface area contributed by atoms with Crippen LogP contribution in [0.15, 0.2) is 27.6 Å². The van der Waals surface area contributed by atoms with Gasteiger partial charge in [0.2, 0.25) is 10.0 Å². The van der Waals surface area contributed by atoms with Crippen LogP contribution in [0, 0.1) is 6.92 Å². The monoisotopic (exact) mass is 404 g/mol. The predicted molar refractivity (Wildman–Crippen MR) is 90.8 cm³/mol. The minimum atomic E-state index is -3.61. The van der Waals surface area contributed by atoms with Crippen molar-refractivity contribution in [1.29, 1.82) is 0 Å². The van der Waals surface area contributed by atoms with Crippen LogP contribution in [0.1, 0.15) is 26.3 Å². The van der Waals surface area contributed by atoms with Crippen molar-refractivity contribution in [3.8, 4) is 0 Å². The molecule has 0 saturated carbocycles. The minimum Gasteiger partial charge on any atom is -0.444 e. The first-order valence-corrected chi connectivity index (χ1v) is 9.51. The third-order valence-corrected chi connectivity index (χ3v) is 5.14. The maximum absolute atomic E-state index is 12.4. The summed E-state index contributed by atoms with van der Waals surface area (Å²) in [6.45, 7) is 7.82. The second-order valence-corrected chi connectivity index (χ2v) is 9.30. The zero-order chi connectivity index (χ0) is 17.4. The minimum absolute atomic E-state index is 0.208. The number of nitrogens with one attached hydrogen (secondary N) is 1. The van der Waals surface area contributed by atoms with Crippen LogP contribution in [0.5, 0.6) is 0 Å². The molecule has 128 valence electrons. The van der Waals surface area contributed by atoms with Crippen LogP contribution < -0.4 is 4.72 Å². The molecule has 1 saturated heterocycles. The van der Waals surface area contributed by atoms with Crippen molar-refractivity contribution in [2.45, 2.75) is 44.2 Å². The number of likely N-dealkylation sites (tertiary alicyclic amines) is 1. The molecule has 1 amide bonds. The molecule has 0 bridgehead atoms. The highest BCUT2D eigenvalue weighted by Crippen LogP contribution is 2.21. The molecule has 0 unspecified atom stereocenters. The number of carbonyl (C=O) groups excluding carboxylic acids is 1. The molecule has 0 radical (unpaired) electrons. The summed E-state index contributed by atoms with van der Waals surface area (Å²) in [6, 6.07) is 4.70. The van der Waals surface area contributed by atoms with Crippen molar-refractivity contribution in [2.75, 3.05) is 13.1 Å². The number of rotatable bonds is 3. The van der Waals surface area contributed by atoms with Crippen molar-refractivity contribution < 1.29 is 17.9 Å². The number of ether oxygens (including phenoxy) is 1. The van der Waals surface area contributed by atoms with E-state index in [4.69, 9.17) is 4.74 Å². The first kappa shape index (κ1) is 18.2. The molecule has 1 fully saturated rings. The van der Waals surface area contributed by atoms with Gasteiger partial charge in [-0.15, -0.1) is 0 Å². The zero-order valence-electron chi connectivity index (χ0n) is 13.6. The lowest BCUT2D eigenvalue weighted by Crippen LogP contribution is -2.61. The Morgan fingerprint density at radius 1 is 1.30 bits per heavy atom. The normalized spacial score (nSPS) is 16.1. The van der Waals surface area contributed by atoms with Gasteiger partial charge in [0.15, 0.2) is 0 Å². The van der Waals surface area contributed by atoms with E-state index in [1.54, 1.807) is 32.9 Å². The number of hydrogen-bond acceptors (Lipinski definition) is 4. The Morgan fingerprint density at radius 3 is 2.43 bits per heavy atom. The van der Waals surface area contributed by atoms with Gasteiger partial charge in [-0.25, -0.2) is 17.9 Å². The number of benzene rings is 1. The zero-order valence-corrected chi connectivity index (χ0v) is 16.0.